The van der Waals surface area contributed by atoms with Gasteiger partial charge in [-0.15, -0.1) is 0 Å². The summed E-state index contributed by atoms with van der Waals surface area (Å²) in [6, 6.07) is 20.9. The Balaban J connectivity index is 1.92. The molecule has 0 radical (unpaired) electrons. The van der Waals surface area contributed by atoms with Crippen molar-refractivity contribution in [3.05, 3.63) is 82.5 Å². The number of carbonyl (C=O) groups excluding carboxylic acids is 1. The van der Waals surface area contributed by atoms with Crippen molar-refractivity contribution in [3.8, 4) is 22.3 Å². The maximum Gasteiger partial charge on any atom is 0.374 e. The summed E-state index contributed by atoms with van der Waals surface area (Å²) in [5, 5.41) is 2.16. The van der Waals surface area contributed by atoms with Crippen molar-refractivity contribution in [3.63, 3.8) is 0 Å². The average Bonchev–Trinajstić information content (AvgIpc) is 3.12. The zero-order chi connectivity index (χ0) is 19.7. The third-order valence-corrected chi connectivity index (χ3v) is 4.95. The molecule has 4 rings (SSSR count). The molecule has 0 aliphatic rings. The Morgan fingerprint density at radius 2 is 1.39 bits per heavy atom. The van der Waals surface area contributed by atoms with Crippen molar-refractivity contribution in [1.29, 1.82) is 0 Å². The Bertz CT molecular complexity index is 1060. The fraction of sp³-hybridized carbons (Fsp3) is 0.0870. The molecule has 0 unspecified atom stereocenters. The number of furan rings is 1. The smallest absolute Gasteiger partial charge is 0.374 e. The van der Waals surface area contributed by atoms with Gasteiger partial charge in [0.1, 0.15) is 5.58 Å². The molecule has 3 aromatic carbocycles. The Morgan fingerprint density at radius 1 is 0.857 bits per heavy atom. The van der Waals surface area contributed by atoms with Crippen molar-refractivity contribution in [2.24, 2.45) is 0 Å². The third-order valence-electron chi connectivity index (χ3n) is 4.44. The number of benzene rings is 3. The first-order chi connectivity index (χ1) is 13.5. The van der Waals surface area contributed by atoms with Gasteiger partial charge in [0.15, 0.2) is 0 Å². The lowest BCUT2D eigenvalue weighted by Gasteiger charge is -2.11. The molecule has 0 spiro atoms. The van der Waals surface area contributed by atoms with E-state index in [4.69, 9.17) is 32.4 Å². The van der Waals surface area contributed by atoms with Gasteiger partial charge in [-0.05, 0) is 71.6 Å². The maximum atomic E-state index is 12.1. The summed E-state index contributed by atoms with van der Waals surface area (Å²) in [6.45, 7) is 2.06. The van der Waals surface area contributed by atoms with E-state index in [9.17, 15) is 4.79 Å². The van der Waals surface area contributed by atoms with E-state index in [1.165, 1.54) is 0 Å². The number of rotatable bonds is 4. The van der Waals surface area contributed by atoms with Crippen LogP contribution in [0.3, 0.4) is 0 Å². The Labute approximate surface area is 172 Å². The number of ether oxygens (including phenoxy) is 1. The second-order valence-corrected chi connectivity index (χ2v) is 7.15. The zero-order valence-corrected chi connectivity index (χ0v) is 16.6. The van der Waals surface area contributed by atoms with Gasteiger partial charge in [0.25, 0.3) is 0 Å². The molecule has 4 aromatic rings. The van der Waals surface area contributed by atoms with Gasteiger partial charge in [-0.25, -0.2) is 4.79 Å². The van der Waals surface area contributed by atoms with Crippen LogP contribution in [0.2, 0.25) is 10.0 Å². The Morgan fingerprint density at radius 3 is 1.93 bits per heavy atom. The second-order valence-electron chi connectivity index (χ2n) is 6.28. The van der Waals surface area contributed by atoms with Crippen molar-refractivity contribution in [1.82, 2.24) is 0 Å². The fourth-order valence-corrected chi connectivity index (χ4v) is 3.38. The first-order valence-electron chi connectivity index (χ1n) is 8.82. The van der Waals surface area contributed by atoms with Crippen LogP contribution in [0.5, 0.6) is 0 Å². The van der Waals surface area contributed by atoms with Gasteiger partial charge < -0.3 is 9.15 Å². The lowest BCUT2D eigenvalue weighted by molar-refractivity contribution is 0.0492. The van der Waals surface area contributed by atoms with Crippen LogP contribution in [-0.4, -0.2) is 12.6 Å². The summed E-state index contributed by atoms with van der Waals surface area (Å²) in [7, 11) is 0. The highest BCUT2D eigenvalue weighted by atomic mass is 35.5. The molecule has 0 aliphatic heterocycles. The number of fused-ring (bicyclic) bond motifs is 1. The summed E-state index contributed by atoms with van der Waals surface area (Å²) in [4.78, 5) is 12.1. The van der Waals surface area contributed by atoms with Gasteiger partial charge in [0.2, 0.25) is 5.76 Å². The Hall–Kier alpha value is -2.75. The van der Waals surface area contributed by atoms with Crippen molar-refractivity contribution in [2.45, 2.75) is 6.92 Å². The molecule has 0 bridgehead atoms. The number of hydrogen-bond acceptors (Lipinski definition) is 3. The van der Waals surface area contributed by atoms with E-state index in [2.05, 4.69) is 0 Å². The lowest BCUT2D eigenvalue weighted by Crippen LogP contribution is -2.02. The van der Waals surface area contributed by atoms with Crippen LogP contribution in [0.4, 0.5) is 0 Å². The number of hydrogen-bond donors (Lipinski definition) is 0. The van der Waals surface area contributed by atoms with Crippen LogP contribution >= 0.6 is 23.2 Å². The van der Waals surface area contributed by atoms with E-state index in [1.54, 1.807) is 13.0 Å². The predicted molar refractivity (Wildman–Crippen MR) is 113 cm³/mol. The highest BCUT2D eigenvalue weighted by Gasteiger charge is 2.17. The number of esters is 1. The topological polar surface area (TPSA) is 39.4 Å². The quantitative estimate of drug-likeness (QED) is 0.332. The number of carbonyl (C=O) groups is 1. The molecule has 5 heteroatoms. The summed E-state index contributed by atoms with van der Waals surface area (Å²) in [5.41, 5.74) is 4.59. The second kappa shape index (κ2) is 7.70. The molecule has 0 atom stereocenters. The molecule has 0 saturated heterocycles. The van der Waals surface area contributed by atoms with Gasteiger partial charge >= 0.3 is 5.97 Å². The van der Waals surface area contributed by atoms with Gasteiger partial charge in [0.05, 0.1) is 6.61 Å². The third kappa shape index (κ3) is 3.64. The maximum absolute atomic E-state index is 12.1. The summed E-state index contributed by atoms with van der Waals surface area (Å²) in [5.74, 6) is -0.285. The minimum atomic E-state index is -0.472. The molecule has 1 heterocycles. The van der Waals surface area contributed by atoms with Crippen LogP contribution in [0, 0.1) is 0 Å². The summed E-state index contributed by atoms with van der Waals surface area (Å²) >= 11 is 12.1. The van der Waals surface area contributed by atoms with E-state index in [-0.39, 0.29) is 5.76 Å². The van der Waals surface area contributed by atoms with E-state index in [0.717, 1.165) is 27.6 Å². The van der Waals surface area contributed by atoms with Gasteiger partial charge in [-0.1, -0.05) is 47.5 Å². The van der Waals surface area contributed by atoms with Crippen molar-refractivity contribution < 1.29 is 13.9 Å². The van der Waals surface area contributed by atoms with Crippen LogP contribution in [0.15, 0.2) is 71.1 Å². The predicted octanol–water partition coefficient (Wildman–Crippen LogP) is 7.25. The van der Waals surface area contributed by atoms with Crippen LogP contribution in [-0.2, 0) is 4.74 Å². The molecule has 0 saturated carbocycles. The zero-order valence-electron chi connectivity index (χ0n) is 15.0. The van der Waals surface area contributed by atoms with Crippen LogP contribution < -0.4 is 0 Å². The first-order valence-corrected chi connectivity index (χ1v) is 9.57. The molecule has 140 valence electrons. The van der Waals surface area contributed by atoms with E-state index in [1.807, 2.05) is 60.7 Å². The van der Waals surface area contributed by atoms with Crippen molar-refractivity contribution >= 4 is 40.1 Å². The van der Waals surface area contributed by atoms with E-state index in [0.29, 0.717) is 22.2 Å². The van der Waals surface area contributed by atoms with Gasteiger partial charge in [0, 0.05) is 15.4 Å². The van der Waals surface area contributed by atoms with E-state index < -0.39 is 5.97 Å². The highest BCUT2D eigenvalue weighted by molar-refractivity contribution is 6.31. The first kappa shape index (κ1) is 18.6. The average molecular weight is 411 g/mol. The normalized spacial score (nSPS) is 11.0. The highest BCUT2D eigenvalue weighted by Crippen LogP contribution is 2.37. The van der Waals surface area contributed by atoms with Crippen molar-refractivity contribution in [2.75, 3.05) is 6.61 Å². The molecule has 28 heavy (non-hydrogen) atoms. The largest absolute Gasteiger partial charge is 0.460 e. The molecule has 0 N–H and O–H groups in total. The summed E-state index contributed by atoms with van der Waals surface area (Å²) in [6.07, 6.45) is 0. The summed E-state index contributed by atoms with van der Waals surface area (Å²) < 4.78 is 10.8. The van der Waals surface area contributed by atoms with Crippen LogP contribution in [0.25, 0.3) is 33.2 Å². The fourth-order valence-electron chi connectivity index (χ4n) is 3.13. The van der Waals surface area contributed by atoms with Gasteiger partial charge in [-0.2, -0.15) is 0 Å². The molecule has 0 amide bonds. The number of halogens is 2. The minimum absolute atomic E-state index is 0.187. The minimum Gasteiger partial charge on any atom is -0.460 e. The molecule has 0 aliphatic carbocycles. The SMILES string of the molecule is CCOC(=O)c1cc2cc(-c3ccc(Cl)cc3)c(-c3ccc(Cl)cc3)cc2o1. The molecule has 1 aromatic heterocycles. The molecular formula is C23H16Cl2O3. The molecule has 0 fully saturated rings. The Kier molecular flexibility index (Phi) is 5.12. The molecular weight excluding hydrogens is 395 g/mol. The molecule has 3 nitrogen and oxygen atoms in total. The van der Waals surface area contributed by atoms with Crippen LogP contribution in [0.1, 0.15) is 17.5 Å². The lowest BCUT2D eigenvalue weighted by atomic mass is 9.93. The van der Waals surface area contributed by atoms with Gasteiger partial charge in [-0.3, -0.25) is 0 Å². The standard InChI is InChI=1S/C23H16Cl2O3/c1-2-27-23(26)22-12-16-11-19(14-3-7-17(24)8-4-14)20(13-21(16)28-22)15-5-9-18(25)10-6-15/h3-13H,2H2,1H3. The monoisotopic (exact) mass is 410 g/mol. The van der Waals surface area contributed by atoms with E-state index >= 15 is 0 Å².